The first kappa shape index (κ1) is 26.8. The van der Waals surface area contributed by atoms with E-state index in [-0.39, 0.29) is 16.4 Å². The molecule has 0 radical (unpaired) electrons. The van der Waals surface area contributed by atoms with Gasteiger partial charge in [-0.15, -0.1) is 0 Å². The molecule has 2 fully saturated rings. The van der Waals surface area contributed by atoms with Gasteiger partial charge in [-0.25, -0.2) is 8.42 Å². The summed E-state index contributed by atoms with van der Waals surface area (Å²) in [6.45, 7) is 4.47. The first-order valence-electron chi connectivity index (χ1n) is 13.0. The Kier molecular flexibility index (Phi) is 7.89. The molecule has 0 spiro atoms. The van der Waals surface area contributed by atoms with Crippen molar-refractivity contribution in [3.05, 3.63) is 88.5 Å². The van der Waals surface area contributed by atoms with E-state index >= 15 is 0 Å². The SMILES string of the molecule is COc1ccccc1N1CCN(c2cc(N3CCN(S(=O)(=O)Cc4ccccc4)CC3)ccc2[N+](=O)[O-])CC1. The van der Waals surface area contributed by atoms with E-state index in [1.165, 1.54) is 0 Å². The average Bonchev–Trinajstić information content (AvgIpc) is 2.97. The molecule has 2 aliphatic heterocycles. The topological polar surface area (TPSA) is 99.5 Å². The van der Waals surface area contributed by atoms with Crippen LogP contribution in [0.1, 0.15) is 5.56 Å². The van der Waals surface area contributed by atoms with Gasteiger partial charge < -0.3 is 19.4 Å². The lowest BCUT2D eigenvalue weighted by Gasteiger charge is -2.38. The lowest BCUT2D eigenvalue weighted by molar-refractivity contribution is -0.384. The minimum atomic E-state index is -3.42. The van der Waals surface area contributed by atoms with Gasteiger partial charge >= 0.3 is 0 Å². The molecule has 2 saturated heterocycles. The van der Waals surface area contributed by atoms with E-state index in [0.29, 0.717) is 58.0 Å². The Hall–Kier alpha value is -3.83. The first-order chi connectivity index (χ1) is 18.9. The largest absolute Gasteiger partial charge is 0.495 e. The van der Waals surface area contributed by atoms with Gasteiger partial charge in [0, 0.05) is 64.1 Å². The number of anilines is 3. The van der Waals surface area contributed by atoms with Crippen molar-refractivity contribution in [2.45, 2.75) is 5.75 Å². The second kappa shape index (κ2) is 11.5. The van der Waals surface area contributed by atoms with Crippen LogP contribution in [0.4, 0.5) is 22.7 Å². The van der Waals surface area contributed by atoms with Crippen LogP contribution in [0.15, 0.2) is 72.8 Å². The summed E-state index contributed by atoms with van der Waals surface area (Å²) in [5, 5.41) is 11.9. The Bertz CT molecular complexity index is 1400. The molecule has 10 nitrogen and oxygen atoms in total. The van der Waals surface area contributed by atoms with Gasteiger partial charge in [0.15, 0.2) is 0 Å². The van der Waals surface area contributed by atoms with Crippen LogP contribution in [-0.2, 0) is 15.8 Å². The third-order valence-corrected chi connectivity index (χ3v) is 9.24. The molecule has 0 aliphatic carbocycles. The minimum Gasteiger partial charge on any atom is -0.495 e. The maximum atomic E-state index is 13.0. The number of methoxy groups -OCH3 is 1. The predicted molar refractivity (Wildman–Crippen MR) is 153 cm³/mol. The zero-order chi connectivity index (χ0) is 27.4. The molecule has 3 aromatic rings. The fourth-order valence-electron chi connectivity index (χ4n) is 5.30. The molecule has 39 heavy (non-hydrogen) atoms. The summed E-state index contributed by atoms with van der Waals surface area (Å²) < 4.78 is 33.0. The molecule has 2 aliphatic rings. The van der Waals surface area contributed by atoms with E-state index in [9.17, 15) is 18.5 Å². The zero-order valence-corrected chi connectivity index (χ0v) is 22.8. The summed E-state index contributed by atoms with van der Waals surface area (Å²) in [5.41, 5.74) is 3.32. The van der Waals surface area contributed by atoms with Crippen LogP contribution < -0.4 is 19.4 Å². The molecule has 2 heterocycles. The Morgan fingerprint density at radius 3 is 2.00 bits per heavy atom. The smallest absolute Gasteiger partial charge is 0.292 e. The van der Waals surface area contributed by atoms with Crippen LogP contribution in [0, 0.1) is 10.1 Å². The van der Waals surface area contributed by atoms with Crippen LogP contribution in [0.5, 0.6) is 5.75 Å². The number of nitro groups is 1. The van der Waals surface area contributed by atoms with E-state index in [1.807, 2.05) is 60.7 Å². The number of hydrogen-bond acceptors (Lipinski definition) is 8. The van der Waals surface area contributed by atoms with Crippen LogP contribution in [0.25, 0.3) is 0 Å². The number of rotatable bonds is 8. The molecular formula is C28H33N5O5S. The molecule has 0 saturated carbocycles. The summed E-state index contributed by atoms with van der Waals surface area (Å²) in [7, 11) is -1.77. The van der Waals surface area contributed by atoms with E-state index in [1.54, 1.807) is 23.5 Å². The second-order valence-corrected chi connectivity index (χ2v) is 11.7. The summed E-state index contributed by atoms with van der Waals surface area (Å²) >= 11 is 0. The van der Waals surface area contributed by atoms with Crippen LogP contribution in [0.3, 0.4) is 0 Å². The summed E-state index contributed by atoms with van der Waals surface area (Å²) in [6.07, 6.45) is 0. The Morgan fingerprint density at radius 1 is 0.769 bits per heavy atom. The maximum absolute atomic E-state index is 13.0. The van der Waals surface area contributed by atoms with E-state index in [0.717, 1.165) is 22.7 Å². The highest BCUT2D eigenvalue weighted by molar-refractivity contribution is 7.88. The molecule has 0 unspecified atom stereocenters. The van der Waals surface area contributed by atoms with Crippen molar-refractivity contribution in [3.63, 3.8) is 0 Å². The van der Waals surface area contributed by atoms with Crippen molar-refractivity contribution in [2.75, 3.05) is 74.2 Å². The fraction of sp³-hybridized carbons (Fsp3) is 0.357. The number of benzene rings is 3. The third kappa shape index (κ3) is 5.94. The van der Waals surface area contributed by atoms with Crippen LogP contribution in [-0.4, -0.2) is 77.1 Å². The van der Waals surface area contributed by atoms with Crippen molar-refractivity contribution < 1.29 is 18.1 Å². The highest BCUT2D eigenvalue weighted by Gasteiger charge is 2.29. The number of hydrogen-bond donors (Lipinski definition) is 0. The Balaban J connectivity index is 1.27. The minimum absolute atomic E-state index is 0.0175. The van der Waals surface area contributed by atoms with Gasteiger partial charge in [-0.05, 0) is 29.8 Å². The van der Waals surface area contributed by atoms with Crippen molar-refractivity contribution >= 4 is 32.8 Å². The number of para-hydroxylation sites is 2. The molecule has 0 aromatic heterocycles. The average molecular weight is 552 g/mol. The molecule has 0 atom stereocenters. The lowest BCUT2D eigenvalue weighted by Crippen LogP contribution is -2.49. The van der Waals surface area contributed by atoms with Crippen LogP contribution in [0.2, 0.25) is 0 Å². The molecule has 5 rings (SSSR count). The number of nitrogens with zero attached hydrogens (tertiary/aromatic N) is 5. The van der Waals surface area contributed by atoms with Crippen molar-refractivity contribution in [1.29, 1.82) is 0 Å². The Morgan fingerprint density at radius 2 is 1.36 bits per heavy atom. The predicted octanol–water partition coefficient (Wildman–Crippen LogP) is 3.58. The van der Waals surface area contributed by atoms with E-state index in [4.69, 9.17) is 4.74 Å². The highest BCUT2D eigenvalue weighted by Crippen LogP contribution is 2.35. The standard InChI is InChI=1S/C28H33N5O5S/c1-38-28-10-6-5-9-26(28)30-13-15-31(16-14-30)27-21-24(11-12-25(27)33(34)35)29-17-19-32(20-18-29)39(36,37)22-23-7-3-2-4-8-23/h2-12,21H,13-20,22H2,1H3. The normalized spacial score (nSPS) is 16.8. The number of sulfonamides is 1. The summed E-state index contributed by atoms with van der Waals surface area (Å²) in [6, 6.07) is 22.3. The second-order valence-electron chi connectivity index (χ2n) is 9.70. The molecule has 206 valence electrons. The van der Waals surface area contributed by atoms with E-state index in [2.05, 4.69) is 14.7 Å². The molecular weight excluding hydrogens is 518 g/mol. The van der Waals surface area contributed by atoms with Gasteiger partial charge in [0.1, 0.15) is 11.4 Å². The molecule has 0 amide bonds. The van der Waals surface area contributed by atoms with Crippen molar-refractivity contribution in [1.82, 2.24) is 4.31 Å². The van der Waals surface area contributed by atoms with Gasteiger partial charge in [0.2, 0.25) is 10.0 Å². The van der Waals surface area contributed by atoms with Gasteiger partial charge in [0.05, 0.1) is 23.5 Å². The quantitative estimate of drug-likeness (QED) is 0.310. The Labute approximate surface area is 229 Å². The zero-order valence-electron chi connectivity index (χ0n) is 22.0. The lowest BCUT2D eigenvalue weighted by atomic mass is 10.1. The van der Waals surface area contributed by atoms with Gasteiger partial charge in [0.25, 0.3) is 5.69 Å². The molecule has 3 aromatic carbocycles. The monoisotopic (exact) mass is 551 g/mol. The number of nitro benzene ring substituents is 1. The van der Waals surface area contributed by atoms with Crippen molar-refractivity contribution in [2.24, 2.45) is 0 Å². The van der Waals surface area contributed by atoms with Gasteiger partial charge in [-0.1, -0.05) is 42.5 Å². The van der Waals surface area contributed by atoms with Gasteiger partial charge in [-0.2, -0.15) is 4.31 Å². The maximum Gasteiger partial charge on any atom is 0.292 e. The number of ether oxygens (including phenoxy) is 1. The summed E-state index contributed by atoms with van der Waals surface area (Å²) in [5.74, 6) is 0.792. The highest BCUT2D eigenvalue weighted by atomic mass is 32.2. The first-order valence-corrected chi connectivity index (χ1v) is 14.6. The molecule has 0 bridgehead atoms. The molecule has 0 N–H and O–H groups in total. The third-order valence-electron chi connectivity index (χ3n) is 7.39. The van der Waals surface area contributed by atoms with Crippen molar-refractivity contribution in [3.8, 4) is 5.75 Å². The number of piperazine rings is 2. The van der Waals surface area contributed by atoms with Crippen LogP contribution >= 0.6 is 0 Å². The van der Waals surface area contributed by atoms with E-state index < -0.39 is 10.0 Å². The fourth-order valence-corrected chi connectivity index (χ4v) is 6.81. The van der Waals surface area contributed by atoms with Gasteiger partial charge in [-0.3, -0.25) is 10.1 Å². The molecule has 11 heteroatoms. The summed E-state index contributed by atoms with van der Waals surface area (Å²) in [4.78, 5) is 18.0.